The Labute approximate surface area is 234 Å². The number of carbonyl (C=O) groups is 1. The quantitative estimate of drug-likeness (QED) is 0.382. The van der Waals surface area contributed by atoms with Crippen LogP contribution in [-0.4, -0.2) is 85.5 Å². The number of amides is 1. The minimum absolute atomic E-state index is 0.0125. The summed E-state index contributed by atoms with van der Waals surface area (Å²) in [5.74, 6) is -0.601. The van der Waals surface area contributed by atoms with E-state index in [-0.39, 0.29) is 52.5 Å². The Morgan fingerprint density at radius 1 is 1.18 bits per heavy atom. The normalized spacial score (nSPS) is 18.9. The van der Waals surface area contributed by atoms with E-state index in [2.05, 4.69) is 9.71 Å². The monoisotopic (exact) mass is 591 g/mol. The Balaban J connectivity index is 1.68. The number of nitrogens with zero attached hydrogens (tertiary/aromatic N) is 4. The molecule has 1 aromatic heterocycles. The first-order valence-electron chi connectivity index (χ1n) is 12.6. The number of aliphatic hydroxyl groups excluding tert-OH is 1. The number of benzene rings is 2. The molecular weight excluding hydrogens is 558 g/mol. The molecule has 12 nitrogen and oxygen atoms in total. The third kappa shape index (κ3) is 6.14. The van der Waals surface area contributed by atoms with Crippen molar-refractivity contribution < 1.29 is 31.5 Å². The second-order valence-corrected chi connectivity index (χ2v) is 13.6. The predicted molar refractivity (Wildman–Crippen MR) is 148 cm³/mol. The fraction of sp³-hybridized carbons (Fsp3) is 0.385. The summed E-state index contributed by atoms with van der Waals surface area (Å²) in [5.41, 5.74) is 0.193. The lowest BCUT2D eigenvalue weighted by Gasteiger charge is -2.38. The number of hydrogen-bond donors (Lipinski definition) is 2. The highest BCUT2D eigenvalue weighted by Crippen LogP contribution is 2.31. The number of ether oxygens (including phenoxy) is 1. The lowest BCUT2D eigenvalue weighted by molar-refractivity contribution is 0.0387. The summed E-state index contributed by atoms with van der Waals surface area (Å²) in [5, 5.41) is 9.68. The average molecular weight is 592 g/mol. The van der Waals surface area contributed by atoms with Gasteiger partial charge >= 0.3 is 0 Å². The van der Waals surface area contributed by atoms with Crippen molar-refractivity contribution in [3.05, 3.63) is 66.6 Å². The van der Waals surface area contributed by atoms with E-state index < -0.39 is 38.1 Å². The molecule has 3 aromatic rings. The fourth-order valence-corrected chi connectivity index (χ4v) is 6.60. The largest absolute Gasteiger partial charge is 0.488 e. The van der Waals surface area contributed by atoms with Crippen molar-refractivity contribution in [1.29, 1.82) is 0 Å². The van der Waals surface area contributed by atoms with Crippen LogP contribution in [0.15, 0.2) is 71.0 Å². The van der Waals surface area contributed by atoms with Gasteiger partial charge in [-0.1, -0.05) is 25.1 Å². The molecule has 14 heteroatoms. The van der Waals surface area contributed by atoms with Crippen molar-refractivity contribution in [3.63, 3.8) is 0 Å². The number of carbonyl (C=O) groups excluding carboxylic acids is 1. The Hall–Kier alpha value is -3.46. The molecule has 4 rings (SSSR count). The van der Waals surface area contributed by atoms with Gasteiger partial charge < -0.3 is 19.3 Å². The van der Waals surface area contributed by atoms with Crippen LogP contribution in [0.25, 0.3) is 0 Å². The summed E-state index contributed by atoms with van der Waals surface area (Å²) >= 11 is 0. The smallest absolute Gasteiger partial charge is 0.280 e. The molecule has 1 aliphatic rings. The number of imidazole rings is 1. The van der Waals surface area contributed by atoms with Gasteiger partial charge in [0.2, 0.25) is 10.0 Å². The van der Waals surface area contributed by atoms with Gasteiger partial charge in [-0.15, -0.1) is 0 Å². The minimum Gasteiger partial charge on any atom is -0.488 e. The Morgan fingerprint density at radius 3 is 2.50 bits per heavy atom. The predicted octanol–water partition coefficient (Wildman–Crippen LogP) is 1.76. The summed E-state index contributed by atoms with van der Waals surface area (Å²) in [6, 6.07) is 11.8. The number of fused-ring (bicyclic) bond motifs is 1. The molecular formula is C26H33N5O7S2. The van der Waals surface area contributed by atoms with Crippen molar-refractivity contribution in [2.45, 2.75) is 35.9 Å². The van der Waals surface area contributed by atoms with Gasteiger partial charge in [-0.2, -0.15) is 12.7 Å². The molecule has 0 radical (unpaired) electrons. The highest BCUT2D eigenvalue weighted by molar-refractivity contribution is 7.92. The Kier molecular flexibility index (Phi) is 8.54. The zero-order valence-corrected chi connectivity index (χ0v) is 24.3. The molecule has 2 aromatic carbocycles. The van der Waals surface area contributed by atoms with Gasteiger partial charge in [0, 0.05) is 38.4 Å². The molecule has 3 atom stereocenters. The summed E-state index contributed by atoms with van der Waals surface area (Å²) in [7, 11) is -4.73. The van der Waals surface area contributed by atoms with Crippen LogP contribution in [0, 0.1) is 5.92 Å². The summed E-state index contributed by atoms with van der Waals surface area (Å²) in [6.45, 7) is 3.41. The zero-order chi connectivity index (χ0) is 29.2. The van der Waals surface area contributed by atoms with Crippen molar-refractivity contribution in [1.82, 2.24) is 18.8 Å². The van der Waals surface area contributed by atoms with Crippen LogP contribution < -0.4 is 9.46 Å². The van der Waals surface area contributed by atoms with E-state index in [4.69, 9.17) is 4.74 Å². The molecule has 216 valence electrons. The number of rotatable bonds is 9. The summed E-state index contributed by atoms with van der Waals surface area (Å²) in [6.07, 6.45) is 2.04. The molecule has 40 heavy (non-hydrogen) atoms. The molecule has 0 unspecified atom stereocenters. The summed E-state index contributed by atoms with van der Waals surface area (Å²) in [4.78, 5) is 19.1. The van der Waals surface area contributed by atoms with Crippen LogP contribution in [0.5, 0.6) is 5.75 Å². The number of anilines is 1. The highest BCUT2D eigenvalue weighted by Gasteiger charge is 2.35. The van der Waals surface area contributed by atoms with Crippen molar-refractivity contribution in [2.75, 3.05) is 31.5 Å². The molecule has 1 amide bonds. The van der Waals surface area contributed by atoms with Crippen LogP contribution >= 0.6 is 0 Å². The van der Waals surface area contributed by atoms with Gasteiger partial charge in [0.25, 0.3) is 15.9 Å². The molecule has 2 N–H and O–H groups in total. The topological polar surface area (TPSA) is 151 Å². The fourth-order valence-electron chi connectivity index (χ4n) is 4.36. The van der Waals surface area contributed by atoms with E-state index >= 15 is 0 Å². The summed E-state index contributed by atoms with van der Waals surface area (Å²) < 4.78 is 63.4. The first kappa shape index (κ1) is 29.5. The zero-order valence-electron chi connectivity index (χ0n) is 22.6. The number of sulfonamides is 2. The number of nitrogens with one attached hydrogen (secondary N) is 1. The highest BCUT2D eigenvalue weighted by atomic mass is 32.2. The molecule has 0 fully saturated rings. The standard InChI is InChI=1S/C26H33N5O7S2/c1-18-13-31(19(2)16-32)26(33)22-12-20(28-39(34,35)25-15-29(3)17-27-25)10-11-23(22)38-24(18)14-30(4)40(36,37)21-8-6-5-7-9-21/h5-12,15,17-19,24,28,32H,13-14,16H2,1-4H3/t18-,19+,24-/m0/s1. The maximum Gasteiger partial charge on any atom is 0.280 e. The minimum atomic E-state index is -4.03. The Bertz CT molecular complexity index is 1580. The third-order valence-corrected chi connectivity index (χ3v) is 9.87. The number of likely N-dealkylation sites (N-methyl/N-ethyl adjacent to an activating group) is 1. The van der Waals surface area contributed by atoms with E-state index in [0.717, 1.165) is 0 Å². The number of aromatic nitrogens is 2. The number of hydrogen-bond acceptors (Lipinski definition) is 8. The number of aryl methyl sites for hydroxylation is 1. The van der Waals surface area contributed by atoms with E-state index in [9.17, 15) is 26.7 Å². The van der Waals surface area contributed by atoms with Crippen LogP contribution in [0.2, 0.25) is 0 Å². The van der Waals surface area contributed by atoms with Crippen LogP contribution in [0.4, 0.5) is 5.69 Å². The maximum absolute atomic E-state index is 13.6. The maximum atomic E-state index is 13.6. The van der Waals surface area contributed by atoms with Gasteiger partial charge in [-0.25, -0.2) is 13.4 Å². The molecule has 0 saturated carbocycles. The van der Waals surface area contributed by atoms with Crippen molar-refractivity contribution in [3.8, 4) is 5.75 Å². The first-order chi connectivity index (χ1) is 18.8. The van der Waals surface area contributed by atoms with Crippen LogP contribution in [-0.2, 0) is 27.1 Å². The molecule has 2 heterocycles. The SMILES string of the molecule is C[C@H](CO)N1C[C@H](C)[C@H](CN(C)S(=O)(=O)c2ccccc2)Oc2ccc(NS(=O)(=O)c3cn(C)cn3)cc2C1=O. The molecule has 0 saturated heterocycles. The first-order valence-corrected chi connectivity index (χ1v) is 15.5. The van der Waals surface area contributed by atoms with Gasteiger partial charge in [0.05, 0.1) is 36.0 Å². The van der Waals surface area contributed by atoms with Crippen molar-refractivity contribution in [2.24, 2.45) is 13.0 Å². The van der Waals surface area contributed by atoms with Gasteiger partial charge in [0.1, 0.15) is 11.9 Å². The number of aliphatic hydroxyl groups is 1. The van der Waals surface area contributed by atoms with Crippen LogP contribution in [0.3, 0.4) is 0 Å². The lowest BCUT2D eigenvalue weighted by atomic mass is 9.99. The third-order valence-electron chi connectivity index (χ3n) is 6.76. The van der Waals surface area contributed by atoms with Crippen molar-refractivity contribution >= 4 is 31.6 Å². The van der Waals surface area contributed by atoms with E-state index in [1.54, 1.807) is 32.2 Å². The molecule has 0 spiro atoms. The lowest BCUT2D eigenvalue weighted by Crippen LogP contribution is -2.50. The molecule has 1 aliphatic heterocycles. The van der Waals surface area contributed by atoms with E-state index in [0.29, 0.717) is 0 Å². The van der Waals surface area contributed by atoms with Crippen LogP contribution in [0.1, 0.15) is 24.2 Å². The van der Waals surface area contributed by atoms with Gasteiger partial charge in [-0.05, 0) is 37.3 Å². The van der Waals surface area contributed by atoms with E-state index in [1.165, 1.54) is 63.7 Å². The second-order valence-electron chi connectivity index (χ2n) is 9.92. The average Bonchev–Trinajstić information content (AvgIpc) is 3.38. The van der Waals surface area contributed by atoms with E-state index in [1.807, 2.05) is 6.92 Å². The van der Waals surface area contributed by atoms with Gasteiger partial charge in [-0.3, -0.25) is 9.52 Å². The molecule has 0 bridgehead atoms. The molecule has 0 aliphatic carbocycles. The Morgan fingerprint density at radius 2 is 1.88 bits per heavy atom. The van der Waals surface area contributed by atoms with Gasteiger partial charge in [0.15, 0.2) is 5.03 Å². The second kappa shape index (κ2) is 11.6.